The number of piperidine rings is 1. The van der Waals surface area contributed by atoms with Gasteiger partial charge in [-0.05, 0) is 50.2 Å². The van der Waals surface area contributed by atoms with Gasteiger partial charge in [0.05, 0.1) is 5.03 Å². The Labute approximate surface area is 115 Å². The van der Waals surface area contributed by atoms with Gasteiger partial charge >= 0.3 is 0 Å². The predicted molar refractivity (Wildman–Crippen MR) is 79.1 cm³/mol. The Kier molecular flexibility index (Phi) is 5.51. The van der Waals surface area contributed by atoms with Crippen molar-refractivity contribution < 1.29 is 0 Å². The van der Waals surface area contributed by atoms with E-state index < -0.39 is 0 Å². The Bertz CT molecular complexity index is 350. The number of rotatable bonds is 5. The minimum atomic E-state index is 0.605. The van der Waals surface area contributed by atoms with E-state index in [1.165, 1.54) is 50.8 Å². The first-order valence-electron chi connectivity index (χ1n) is 7.09. The standard InChI is InChI=1S/C15H24N2S/c1-3-4-10-17-11-6-5-7-14(17)13-8-9-15(18-2)16-12-13/h8-9,12,14H,3-7,10-11H2,1-2H3/t14-/m0/s1. The molecule has 0 spiro atoms. The minimum Gasteiger partial charge on any atom is -0.296 e. The first-order chi connectivity index (χ1) is 8.85. The molecule has 3 heteroatoms. The third kappa shape index (κ3) is 3.48. The summed E-state index contributed by atoms with van der Waals surface area (Å²) in [5, 5.41) is 1.12. The smallest absolute Gasteiger partial charge is 0.0957 e. The average molecular weight is 264 g/mol. The highest BCUT2D eigenvalue weighted by molar-refractivity contribution is 7.98. The van der Waals surface area contributed by atoms with Gasteiger partial charge in [0.2, 0.25) is 0 Å². The van der Waals surface area contributed by atoms with Crippen LogP contribution in [-0.2, 0) is 0 Å². The molecule has 1 aromatic rings. The van der Waals surface area contributed by atoms with Crippen molar-refractivity contribution in [3.63, 3.8) is 0 Å². The van der Waals surface area contributed by atoms with Crippen molar-refractivity contribution in [2.24, 2.45) is 0 Å². The first-order valence-corrected chi connectivity index (χ1v) is 8.31. The van der Waals surface area contributed by atoms with Gasteiger partial charge in [0.15, 0.2) is 0 Å². The van der Waals surface area contributed by atoms with Gasteiger partial charge in [-0.25, -0.2) is 4.98 Å². The number of aromatic nitrogens is 1. The van der Waals surface area contributed by atoms with Gasteiger partial charge in [-0.3, -0.25) is 4.90 Å². The van der Waals surface area contributed by atoms with Crippen molar-refractivity contribution in [3.8, 4) is 0 Å². The molecule has 1 atom stereocenters. The summed E-state index contributed by atoms with van der Waals surface area (Å²) in [4.78, 5) is 7.18. The number of pyridine rings is 1. The van der Waals surface area contributed by atoms with Gasteiger partial charge in [-0.1, -0.05) is 25.8 Å². The van der Waals surface area contributed by atoms with Crippen LogP contribution in [0.4, 0.5) is 0 Å². The summed E-state index contributed by atoms with van der Waals surface area (Å²) >= 11 is 1.71. The molecule has 2 rings (SSSR count). The number of thioether (sulfide) groups is 1. The van der Waals surface area contributed by atoms with Gasteiger partial charge < -0.3 is 0 Å². The molecule has 1 aliphatic heterocycles. The third-order valence-corrected chi connectivity index (χ3v) is 4.43. The zero-order valence-electron chi connectivity index (χ0n) is 11.6. The van der Waals surface area contributed by atoms with Gasteiger partial charge in [0.25, 0.3) is 0 Å². The van der Waals surface area contributed by atoms with Crippen LogP contribution in [0.15, 0.2) is 23.4 Å². The van der Waals surface area contributed by atoms with E-state index in [0.29, 0.717) is 6.04 Å². The van der Waals surface area contributed by atoms with Gasteiger partial charge in [0.1, 0.15) is 0 Å². The molecule has 1 saturated heterocycles. The second-order valence-corrected chi connectivity index (χ2v) is 5.86. The van der Waals surface area contributed by atoms with Crippen molar-refractivity contribution in [2.75, 3.05) is 19.3 Å². The van der Waals surface area contributed by atoms with Crippen molar-refractivity contribution in [1.29, 1.82) is 0 Å². The molecule has 0 radical (unpaired) electrons. The van der Waals surface area contributed by atoms with E-state index in [0.717, 1.165) is 5.03 Å². The lowest BCUT2D eigenvalue weighted by atomic mass is 9.96. The Morgan fingerprint density at radius 1 is 1.39 bits per heavy atom. The Balaban J connectivity index is 2.06. The Morgan fingerprint density at radius 2 is 2.28 bits per heavy atom. The summed E-state index contributed by atoms with van der Waals surface area (Å²) in [6.45, 7) is 4.77. The summed E-state index contributed by atoms with van der Waals surface area (Å²) < 4.78 is 0. The zero-order chi connectivity index (χ0) is 12.8. The monoisotopic (exact) mass is 264 g/mol. The second-order valence-electron chi connectivity index (χ2n) is 5.03. The summed E-state index contributed by atoms with van der Waals surface area (Å²) in [5.41, 5.74) is 1.41. The Hall–Kier alpha value is -0.540. The van der Waals surface area contributed by atoms with Crippen LogP contribution in [0, 0.1) is 0 Å². The maximum atomic E-state index is 4.52. The maximum absolute atomic E-state index is 4.52. The number of likely N-dealkylation sites (tertiary alicyclic amines) is 1. The number of hydrogen-bond acceptors (Lipinski definition) is 3. The van der Waals surface area contributed by atoms with Crippen molar-refractivity contribution in [3.05, 3.63) is 23.9 Å². The lowest BCUT2D eigenvalue weighted by molar-refractivity contribution is 0.146. The quantitative estimate of drug-likeness (QED) is 0.744. The van der Waals surface area contributed by atoms with Crippen molar-refractivity contribution in [1.82, 2.24) is 9.88 Å². The topological polar surface area (TPSA) is 16.1 Å². The number of nitrogens with zero attached hydrogens (tertiary/aromatic N) is 2. The number of unbranched alkanes of at least 4 members (excludes halogenated alkanes) is 1. The molecule has 1 aromatic heterocycles. The predicted octanol–water partition coefficient (Wildman–Crippen LogP) is 4.13. The molecule has 0 aliphatic carbocycles. The van der Waals surface area contributed by atoms with Crippen LogP contribution >= 0.6 is 11.8 Å². The molecule has 0 saturated carbocycles. The van der Waals surface area contributed by atoms with Crippen LogP contribution in [0.2, 0.25) is 0 Å². The molecular weight excluding hydrogens is 240 g/mol. The largest absolute Gasteiger partial charge is 0.296 e. The van der Waals surface area contributed by atoms with E-state index in [1.54, 1.807) is 11.8 Å². The van der Waals surface area contributed by atoms with Crippen LogP contribution in [0.5, 0.6) is 0 Å². The highest BCUT2D eigenvalue weighted by Crippen LogP contribution is 2.31. The van der Waals surface area contributed by atoms with E-state index >= 15 is 0 Å². The maximum Gasteiger partial charge on any atom is 0.0957 e. The van der Waals surface area contributed by atoms with Gasteiger partial charge in [-0.2, -0.15) is 0 Å². The molecule has 0 N–H and O–H groups in total. The van der Waals surface area contributed by atoms with E-state index in [-0.39, 0.29) is 0 Å². The molecule has 0 amide bonds. The molecule has 2 nitrogen and oxygen atoms in total. The van der Waals surface area contributed by atoms with E-state index in [9.17, 15) is 0 Å². The van der Waals surface area contributed by atoms with Crippen LogP contribution in [0.3, 0.4) is 0 Å². The molecule has 1 fully saturated rings. The van der Waals surface area contributed by atoms with Crippen LogP contribution in [0.25, 0.3) is 0 Å². The molecule has 1 aliphatic rings. The highest BCUT2D eigenvalue weighted by Gasteiger charge is 2.23. The lowest BCUT2D eigenvalue weighted by Crippen LogP contribution is -2.34. The first kappa shape index (κ1) is 13.9. The zero-order valence-corrected chi connectivity index (χ0v) is 12.4. The summed E-state index contributed by atoms with van der Waals surface area (Å²) in [7, 11) is 0. The molecule has 2 heterocycles. The lowest BCUT2D eigenvalue weighted by Gasteiger charge is -2.35. The third-order valence-electron chi connectivity index (χ3n) is 3.77. The van der Waals surface area contributed by atoms with E-state index in [1.807, 2.05) is 0 Å². The van der Waals surface area contributed by atoms with E-state index in [2.05, 4.69) is 41.4 Å². The summed E-state index contributed by atoms with van der Waals surface area (Å²) in [6.07, 6.45) is 10.8. The molecule has 18 heavy (non-hydrogen) atoms. The molecule has 0 unspecified atom stereocenters. The SMILES string of the molecule is CCCCN1CCCC[C@H]1c1ccc(SC)nc1. The second kappa shape index (κ2) is 7.15. The minimum absolute atomic E-state index is 0.605. The fourth-order valence-electron chi connectivity index (χ4n) is 2.71. The van der Waals surface area contributed by atoms with Crippen LogP contribution < -0.4 is 0 Å². The van der Waals surface area contributed by atoms with Gasteiger partial charge in [0, 0.05) is 12.2 Å². The van der Waals surface area contributed by atoms with Crippen LogP contribution in [0.1, 0.15) is 50.6 Å². The highest BCUT2D eigenvalue weighted by atomic mass is 32.2. The molecular formula is C15H24N2S. The Morgan fingerprint density at radius 3 is 2.94 bits per heavy atom. The summed E-state index contributed by atoms with van der Waals surface area (Å²) in [6, 6.07) is 5.04. The van der Waals surface area contributed by atoms with Crippen LogP contribution in [-0.4, -0.2) is 29.2 Å². The van der Waals surface area contributed by atoms with Gasteiger partial charge in [-0.15, -0.1) is 11.8 Å². The van der Waals surface area contributed by atoms with E-state index in [4.69, 9.17) is 0 Å². The molecule has 0 aromatic carbocycles. The number of hydrogen-bond donors (Lipinski definition) is 0. The molecule has 0 bridgehead atoms. The average Bonchev–Trinajstić information content (AvgIpc) is 2.45. The summed E-state index contributed by atoms with van der Waals surface area (Å²) in [5.74, 6) is 0. The van der Waals surface area contributed by atoms with Crippen molar-refractivity contribution in [2.45, 2.75) is 50.1 Å². The normalized spacial score (nSPS) is 21.1. The van der Waals surface area contributed by atoms with Crippen molar-refractivity contribution >= 4 is 11.8 Å². The molecule has 100 valence electrons. The fraction of sp³-hybridized carbons (Fsp3) is 0.667. The fourth-order valence-corrected chi connectivity index (χ4v) is 3.07.